The highest BCUT2D eigenvalue weighted by atomic mass is 32.1. The highest BCUT2D eigenvalue weighted by Crippen LogP contribution is 2.43. The second-order valence-electron chi connectivity index (χ2n) is 6.98. The summed E-state index contributed by atoms with van der Waals surface area (Å²) >= 11 is 1.46. The summed E-state index contributed by atoms with van der Waals surface area (Å²) in [7, 11) is 1.53. The van der Waals surface area contributed by atoms with E-state index >= 15 is 0 Å². The summed E-state index contributed by atoms with van der Waals surface area (Å²) in [4.78, 5) is 32.4. The fraction of sp³-hybridized carbons (Fsp3) is 0.174. The van der Waals surface area contributed by atoms with E-state index in [1.807, 2.05) is 18.4 Å². The maximum Gasteiger partial charge on any atom is 0.295 e. The normalized spacial score (nSPS) is 18.1. The number of carbonyl (C=O) groups excluding carboxylic acids is 2. The van der Waals surface area contributed by atoms with Crippen molar-refractivity contribution in [2.24, 2.45) is 0 Å². The number of Topliss-reactive ketones (excluding diaryl/α,β-unsaturated/α-hetero) is 1. The van der Waals surface area contributed by atoms with Gasteiger partial charge in [0.1, 0.15) is 17.6 Å². The maximum atomic E-state index is 13.0. The molecule has 1 aromatic carbocycles. The van der Waals surface area contributed by atoms with Crippen LogP contribution in [0.5, 0.6) is 5.75 Å². The van der Waals surface area contributed by atoms with E-state index in [4.69, 9.17) is 4.74 Å². The summed E-state index contributed by atoms with van der Waals surface area (Å²) < 4.78 is 5.23. The molecule has 0 bridgehead atoms. The van der Waals surface area contributed by atoms with E-state index in [9.17, 15) is 14.7 Å². The van der Waals surface area contributed by atoms with E-state index in [-0.39, 0.29) is 17.9 Å². The standard InChI is InChI=1S/C23H20N2O4S/c1-14-8-11-30-22(14)19-18(20(26)16-4-3-5-17(12-16)29-2)21(27)23(28)25(19)13-15-6-9-24-10-7-15/h3-12,19,26H,13H2,1-2H3/b20-18-. The first kappa shape index (κ1) is 19.8. The van der Waals surface area contributed by atoms with Crippen LogP contribution >= 0.6 is 11.3 Å². The minimum Gasteiger partial charge on any atom is -0.507 e. The molecule has 1 atom stereocenters. The van der Waals surface area contributed by atoms with Crippen LogP contribution in [-0.2, 0) is 16.1 Å². The van der Waals surface area contributed by atoms with Crippen molar-refractivity contribution in [2.75, 3.05) is 7.11 Å². The Balaban J connectivity index is 1.87. The molecule has 6 nitrogen and oxygen atoms in total. The van der Waals surface area contributed by atoms with Gasteiger partial charge in [-0.1, -0.05) is 12.1 Å². The van der Waals surface area contributed by atoms with Gasteiger partial charge in [-0.2, -0.15) is 0 Å². The molecule has 7 heteroatoms. The molecule has 1 aliphatic rings. The summed E-state index contributed by atoms with van der Waals surface area (Å²) in [6, 6.07) is 11.7. The molecule has 152 valence electrons. The molecule has 30 heavy (non-hydrogen) atoms. The van der Waals surface area contributed by atoms with E-state index in [1.54, 1.807) is 48.8 Å². The van der Waals surface area contributed by atoms with E-state index in [2.05, 4.69) is 4.98 Å². The Morgan fingerprint density at radius 3 is 2.63 bits per heavy atom. The predicted molar refractivity (Wildman–Crippen MR) is 114 cm³/mol. The fourth-order valence-corrected chi connectivity index (χ4v) is 4.64. The lowest BCUT2D eigenvalue weighted by molar-refractivity contribution is -0.140. The molecule has 1 unspecified atom stereocenters. The van der Waals surface area contributed by atoms with Gasteiger partial charge in [-0.25, -0.2) is 0 Å². The van der Waals surface area contributed by atoms with E-state index in [1.165, 1.54) is 23.3 Å². The number of hydrogen-bond donors (Lipinski definition) is 1. The largest absolute Gasteiger partial charge is 0.507 e. The highest BCUT2D eigenvalue weighted by Gasteiger charge is 2.47. The number of ether oxygens (including phenoxy) is 1. The third-order valence-electron chi connectivity index (χ3n) is 5.14. The molecule has 4 rings (SSSR count). The molecular weight excluding hydrogens is 400 g/mol. The van der Waals surface area contributed by atoms with Crippen molar-refractivity contribution in [1.82, 2.24) is 9.88 Å². The van der Waals surface area contributed by atoms with Gasteiger partial charge in [0.05, 0.1) is 12.7 Å². The Hall–Kier alpha value is -3.45. The van der Waals surface area contributed by atoms with Gasteiger partial charge in [0.2, 0.25) is 0 Å². The number of thiophene rings is 1. The number of rotatable bonds is 5. The molecule has 3 aromatic rings. The lowest BCUT2D eigenvalue weighted by Crippen LogP contribution is -2.29. The van der Waals surface area contributed by atoms with Crippen molar-refractivity contribution in [3.8, 4) is 5.75 Å². The second kappa shape index (κ2) is 8.12. The van der Waals surface area contributed by atoms with Gasteiger partial charge >= 0.3 is 0 Å². The van der Waals surface area contributed by atoms with Crippen LogP contribution in [0.3, 0.4) is 0 Å². The molecule has 0 radical (unpaired) electrons. The quantitative estimate of drug-likeness (QED) is 0.382. The Morgan fingerprint density at radius 2 is 1.97 bits per heavy atom. The van der Waals surface area contributed by atoms with Gasteiger partial charge < -0.3 is 14.7 Å². The first-order chi connectivity index (χ1) is 14.5. The molecule has 0 saturated carbocycles. The van der Waals surface area contributed by atoms with Crippen LogP contribution in [0.1, 0.15) is 27.6 Å². The Morgan fingerprint density at radius 1 is 1.20 bits per heavy atom. The number of nitrogens with zero attached hydrogens (tertiary/aromatic N) is 2. The molecule has 1 N–H and O–H groups in total. The maximum absolute atomic E-state index is 13.0. The molecule has 1 saturated heterocycles. The Labute approximate surface area is 178 Å². The lowest BCUT2D eigenvalue weighted by Gasteiger charge is -2.25. The van der Waals surface area contributed by atoms with Crippen molar-refractivity contribution in [3.63, 3.8) is 0 Å². The van der Waals surface area contributed by atoms with Gasteiger partial charge in [0, 0.05) is 29.4 Å². The SMILES string of the molecule is COc1cccc(/C(O)=C2/C(=O)C(=O)N(Cc3ccncc3)C2c2sccc2C)c1. The van der Waals surface area contributed by atoms with E-state index in [0.717, 1.165) is 16.0 Å². The molecule has 0 spiro atoms. The number of likely N-dealkylation sites (tertiary alicyclic amines) is 1. The zero-order valence-electron chi connectivity index (χ0n) is 16.5. The van der Waals surface area contributed by atoms with Crippen LogP contribution in [-0.4, -0.2) is 33.8 Å². The highest BCUT2D eigenvalue weighted by molar-refractivity contribution is 7.10. The van der Waals surface area contributed by atoms with Crippen molar-refractivity contribution in [1.29, 1.82) is 0 Å². The van der Waals surface area contributed by atoms with E-state index < -0.39 is 17.7 Å². The molecule has 0 aliphatic carbocycles. The summed E-state index contributed by atoms with van der Waals surface area (Å²) in [6.07, 6.45) is 3.29. The number of amides is 1. The number of methoxy groups -OCH3 is 1. The molecule has 2 aromatic heterocycles. The van der Waals surface area contributed by atoms with Gasteiger partial charge in [-0.15, -0.1) is 11.3 Å². The van der Waals surface area contributed by atoms with Crippen LogP contribution in [0.15, 0.2) is 65.8 Å². The van der Waals surface area contributed by atoms with Crippen LogP contribution in [0.25, 0.3) is 5.76 Å². The first-order valence-corrected chi connectivity index (χ1v) is 10.2. The smallest absolute Gasteiger partial charge is 0.295 e. The Bertz CT molecular complexity index is 1140. The molecule has 1 amide bonds. The summed E-state index contributed by atoms with van der Waals surface area (Å²) in [5.41, 5.74) is 2.33. The number of aryl methyl sites for hydroxylation is 1. The zero-order valence-corrected chi connectivity index (χ0v) is 17.3. The number of benzene rings is 1. The van der Waals surface area contributed by atoms with Gasteiger partial charge in [0.25, 0.3) is 11.7 Å². The molecule has 1 aliphatic heterocycles. The van der Waals surface area contributed by atoms with Gasteiger partial charge in [0.15, 0.2) is 0 Å². The molecule has 3 heterocycles. The van der Waals surface area contributed by atoms with Crippen LogP contribution in [0, 0.1) is 6.92 Å². The molecular formula is C23H20N2O4S. The van der Waals surface area contributed by atoms with Crippen LogP contribution in [0.4, 0.5) is 0 Å². The third-order valence-corrected chi connectivity index (χ3v) is 6.21. The number of aliphatic hydroxyl groups is 1. The van der Waals surface area contributed by atoms with Gasteiger partial charge in [-0.3, -0.25) is 14.6 Å². The minimum absolute atomic E-state index is 0.0906. The zero-order chi connectivity index (χ0) is 21.3. The van der Waals surface area contributed by atoms with Crippen molar-refractivity contribution in [3.05, 3.63) is 87.4 Å². The average molecular weight is 420 g/mol. The number of pyridine rings is 1. The number of aliphatic hydroxyl groups excluding tert-OH is 1. The molecule has 1 fully saturated rings. The van der Waals surface area contributed by atoms with Crippen molar-refractivity contribution >= 4 is 28.8 Å². The van der Waals surface area contributed by atoms with Crippen molar-refractivity contribution in [2.45, 2.75) is 19.5 Å². The van der Waals surface area contributed by atoms with Gasteiger partial charge in [-0.05, 0) is 53.8 Å². The predicted octanol–water partition coefficient (Wildman–Crippen LogP) is 4.08. The lowest BCUT2D eigenvalue weighted by atomic mass is 9.98. The summed E-state index contributed by atoms with van der Waals surface area (Å²) in [5.74, 6) is -0.979. The van der Waals surface area contributed by atoms with Crippen LogP contribution in [0.2, 0.25) is 0 Å². The fourth-order valence-electron chi connectivity index (χ4n) is 3.59. The monoisotopic (exact) mass is 420 g/mol. The summed E-state index contributed by atoms with van der Waals surface area (Å²) in [6.45, 7) is 2.17. The second-order valence-corrected chi connectivity index (χ2v) is 7.93. The number of hydrogen-bond acceptors (Lipinski definition) is 6. The number of carbonyl (C=O) groups is 2. The summed E-state index contributed by atoms with van der Waals surface area (Å²) in [5, 5.41) is 13.0. The topological polar surface area (TPSA) is 79.7 Å². The average Bonchev–Trinajstić information content (AvgIpc) is 3.30. The third kappa shape index (κ3) is 3.48. The number of aromatic nitrogens is 1. The van der Waals surface area contributed by atoms with Crippen molar-refractivity contribution < 1.29 is 19.4 Å². The number of ketones is 1. The minimum atomic E-state index is -0.692. The first-order valence-electron chi connectivity index (χ1n) is 9.37. The van der Waals surface area contributed by atoms with E-state index in [0.29, 0.717) is 11.3 Å². The van der Waals surface area contributed by atoms with Crippen LogP contribution < -0.4 is 4.74 Å². The Kier molecular flexibility index (Phi) is 5.37.